The lowest BCUT2D eigenvalue weighted by molar-refractivity contribution is -0.144. The number of rotatable bonds is 2. The summed E-state index contributed by atoms with van der Waals surface area (Å²) in [5.74, 6) is -0.904. The topological polar surface area (TPSA) is 75.7 Å². The Labute approximate surface area is 80.2 Å². The van der Waals surface area contributed by atoms with Gasteiger partial charge in [0, 0.05) is 0 Å². The summed E-state index contributed by atoms with van der Waals surface area (Å²) in [6.45, 7) is -0.303. The highest BCUT2D eigenvalue weighted by atomic mass is 16.5. The molecule has 3 amide bonds. The van der Waals surface area contributed by atoms with Gasteiger partial charge in [-0.3, -0.25) is 14.5 Å². The van der Waals surface area contributed by atoms with E-state index >= 15 is 0 Å². The van der Waals surface area contributed by atoms with Gasteiger partial charge < -0.3 is 10.1 Å². The van der Waals surface area contributed by atoms with Crippen molar-refractivity contribution in [2.45, 2.75) is 18.4 Å². The molecule has 76 valence electrons. The van der Waals surface area contributed by atoms with Gasteiger partial charge in [0.1, 0.15) is 12.1 Å². The highest BCUT2D eigenvalue weighted by Gasteiger charge is 2.59. The van der Waals surface area contributed by atoms with Crippen molar-refractivity contribution in [2.24, 2.45) is 0 Å². The standard InChI is InChI=1S/C8H10N2O4/c1-14-5(11)4-10-6(12)8(2-3-8)9-7(10)13/h2-4H2,1H3,(H,9,13). The Kier molecular flexibility index (Phi) is 1.73. The minimum atomic E-state index is -0.689. The fraction of sp³-hybridized carbons (Fsp3) is 0.625. The minimum absolute atomic E-state index is 0.303. The van der Waals surface area contributed by atoms with Crippen LogP contribution in [0.4, 0.5) is 4.79 Å². The van der Waals surface area contributed by atoms with E-state index in [4.69, 9.17) is 0 Å². The molecule has 1 aliphatic heterocycles. The fourth-order valence-electron chi connectivity index (χ4n) is 1.48. The number of amides is 3. The molecule has 0 radical (unpaired) electrons. The first-order chi connectivity index (χ1) is 6.59. The maximum Gasteiger partial charge on any atom is 0.325 e. The SMILES string of the molecule is COC(=O)CN1C(=O)NC2(CC2)C1=O. The van der Waals surface area contributed by atoms with Crippen molar-refractivity contribution in [3.63, 3.8) is 0 Å². The Bertz CT molecular complexity index is 321. The molecule has 1 aliphatic carbocycles. The van der Waals surface area contributed by atoms with Crippen LogP contribution in [0.2, 0.25) is 0 Å². The molecule has 0 aromatic rings. The average molecular weight is 198 g/mol. The number of nitrogens with zero attached hydrogens (tertiary/aromatic N) is 1. The molecule has 1 saturated heterocycles. The smallest absolute Gasteiger partial charge is 0.325 e. The second kappa shape index (κ2) is 2.70. The Morgan fingerprint density at radius 1 is 1.57 bits per heavy atom. The van der Waals surface area contributed by atoms with Crippen molar-refractivity contribution in [1.82, 2.24) is 10.2 Å². The zero-order chi connectivity index (χ0) is 10.3. The van der Waals surface area contributed by atoms with E-state index in [2.05, 4.69) is 10.1 Å². The van der Waals surface area contributed by atoms with Crippen LogP contribution in [0.3, 0.4) is 0 Å². The summed E-state index contributed by atoms with van der Waals surface area (Å²) in [4.78, 5) is 34.7. The summed E-state index contributed by atoms with van der Waals surface area (Å²) >= 11 is 0. The molecule has 1 saturated carbocycles. The molecular formula is C8H10N2O4. The molecule has 1 spiro atoms. The summed E-state index contributed by atoms with van der Waals surface area (Å²) in [6.07, 6.45) is 1.32. The number of nitrogens with one attached hydrogen (secondary N) is 1. The van der Waals surface area contributed by atoms with E-state index in [1.807, 2.05) is 0 Å². The molecule has 0 aromatic heterocycles. The van der Waals surface area contributed by atoms with Gasteiger partial charge in [0.2, 0.25) is 0 Å². The second-order valence-corrected chi connectivity index (χ2v) is 3.48. The van der Waals surface area contributed by atoms with Crippen LogP contribution in [0.25, 0.3) is 0 Å². The first-order valence-electron chi connectivity index (χ1n) is 4.30. The molecule has 0 atom stereocenters. The van der Waals surface area contributed by atoms with E-state index < -0.39 is 17.5 Å². The maximum atomic E-state index is 11.6. The quantitative estimate of drug-likeness (QED) is 0.467. The van der Waals surface area contributed by atoms with Gasteiger partial charge >= 0.3 is 12.0 Å². The van der Waals surface area contributed by atoms with E-state index in [1.54, 1.807) is 0 Å². The van der Waals surface area contributed by atoms with E-state index in [0.717, 1.165) is 4.90 Å². The van der Waals surface area contributed by atoms with Crippen LogP contribution in [0.15, 0.2) is 0 Å². The molecule has 2 rings (SSSR count). The van der Waals surface area contributed by atoms with Crippen LogP contribution < -0.4 is 5.32 Å². The Balaban J connectivity index is 2.09. The molecule has 6 heteroatoms. The lowest BCUT2D eigenvalue weighted by Gasteiger charge is -2.10. The van der Waals surface area contributed by atoms with Gasteiger partial charge in [-0.2, -0.15) is 0 Å². The van der Waals surface area contributed by atoms with Crippen LogP contribution in [0.5, 0.6) is 0 Å². The van der Waals surface area contributed by atoms with Gasteiger partial charge in [0.05, 0.1) is 7.11 Å². The lowest BCUT2D eigenvalue weighted by Crippen LogP contribution is -2.36. The van der Waals surface area contributed by atoms with Crippen molar-refractivity contribution in [2.75, 3.05) is 13.7 Å². The monoisotopic (exact) mass is 198 g/mol. The number of urea groups is 1. The van der Waals surface area contributed by atoms with E-state index in [0.29, 0.717) is 12.8 Å². The molecule has 1 N–H and O–H groups in total. The first kappa shape index (κ1) is 8.98. The summed E-state index contributed by atoms with van der Waals surface area (Å²) in [5, 5.41) is 2.56. The van der Waals surface area contributed by atoms with Crippen LogP contribution in [0.1, 0.15) is 12.8 Å². The average Bonchev–Trinajstić information content (AvgIpc) is 2.89. The fourth-order valence-corrected chi connectivity index (χ4v) is 1.48. The molecule has 6 nitrogen and oxygen atoms in total. The van der Waals surface area contributed by atoms with Crippen molar-refractivity contribution < 1.29 is 19.1 Å². The third kappa shape index (κ3) is 1.14. The first-order valence-corrected chi connectivity index (χ1v) is 4.30. The molecule has 1 heterocycles. The third-order valence-corrected chi connectivity index (χ3v) is 2.51. The summed E-state index contributed by atoms with van der Waals surface area (Å²) in [6, 6.07) is -0.502. The van der Waals surface area contributed by atoms with Gasteiger partial charge in [-0.1, -0.05) is 0 Å². The van der Waals surface area contributed by atoms with Crippen LogP contribution in [0, 0.1) is 0 Å². The number of hydrogen-bond acceptors (Lipinski definition) is 4. The summed E-state index contributed by atoms with van der Waals surface area (Å²) < 4.78 is 4.38. The predicted octanol–water partition coefficient (Wildman–Crippen LogP) is -0.756. The van der Waals surface area contributed by atoms with Crippen molar-refractivity contribution in [3.05, 3.63) is 0 Å². The van der Waals surface area contributed by atoms with E-state index in [-0.39, 0.29) is 12.5 Å². The van der Waals surface area contributed by atoms with Crippen LogP contribution >= 0.6 is 0 Å². The Hall–Kier alpha value is -1.59. The number of ether oxygens (including phenoxy) is 1. The normalized spacial score (nSPS) is 22.5. The van der Waals surface area contributed by atoms with Gasteiger partial charge in [-0.15, -0.1) is 0 Å². The molecule has 0 aromatic carbocycles. The van der Waals surface area contributed by atoms with Gasteiger partial charge in [0.15, 0.2) is 0 Å². The zero-order valence-electron chi connectivity index (χ0n) is 7.70. The highest BCUT2D eigenvalue weighted by molar-refractivity contribution is 6.10. The molecule has 0 unspecified atom stereocenters. The zero-order valence-corrected chi connectivity index (χ0v) is 7.70. The highest BCUT2D eigenvalue weighted by Crippen LogP contribution is 2.40. The van der Waals surface area contributed by atoms with Gasteiger partial charge in [-0.25, -0.2) is 4.79 Å². The lowest BCUT2D eigenvalue weighted by atomic mass is 10.3. The number of imide groups is 1. The number of esters is 1. The van der Waals surface area contributed by atoms with Crippen LogP contribution in [-0.4, -0.2) is 42.0 Å². The molecular weight excluding hydrogens is 188 g/mol. The van der Waals surface area contributed by atoms with Crippen LogP contribution in [-0.2, 0) is 14.3 Å². The third-order valence-electron chi connectivity index (χ3n) is 2.51. The van der Waals surface area contributed by atoms with E-state index in [9.17, 15) is 14.4 Å². The second-order valence-electron chi connectivity index (χ2n) is 3.48. The van der Waals surface area contributed by atoms with Crippen molar-refractivity contribution in [1.29, 1.82) is 0 Å². The number of carbonyl (C=O) groups excluding carboxylic acids is 3. The molecule has 0 bridgehead atoms. The van der Waals surface area contributed by atoms with Crippen molar-refractivity contribution in [3.8, 4) is 0 Å². The van der Waals surface area contributed by atoms with E-state index in [1.165, 1.54) is 7.11 Å². The number of carbonyl (C=O) groups is 3. The number of methoxy groups -OCH3 is 1. The van der Waals surface area contributed by atoms with Gasteiger partial charge in [0.25, 0.3) is 5.91 Å². The maximum absolute atomic E-state index is 11.6. The minimum Gasteiger partial charge on any atom is -0.468 e. The number of hydrogen-bond donors (Lipinski definition) is 1. The van der Waals surface area contributed by atoms with Gasteiger partial charge in [-0.05, 0) is 12.8 Å². The molecule has 2 fully saturated rings. The summed E-state index contributed by atoms with van der Waals surface area (Å²) in [7, 11) is 1.22. The summed E-state index contributed by atoms with van der Waals surface area (Å²) in [5.41, 5.74) is -0.689. The molecule has 14 heavy (non-hydrogen) atoms. The molecule has 2 aliphatic rings. The predicted molar refractivity (Wildman–Crippen MR) is 44.2 cm³/mol. The van der Waals surface area contributed by atoms with Crippen molar-refractivity contribution >= 4 is 17.9 Å². The Morgan fingerprint density at radius 2 is 2.21 bits per heavy atom. The largest absolute Gasteiger partial charge is 0.468 e. The Morgan fingerprint density at radius 3 is 2.64 bits per heavy atom.